The second kappa shape index (κ2) is 4.13. The molecule has 1 aromatic heterocycles. The van der Waals surface area contributed by atoms with Crippen molar-refractivity contribution < 1.29 is 0 Å². The number of hydrogen-bond acceptors (Lipinski definition) is 1. The predicted octanol–water partition coefficient (Wildman–Crippen LogP) is 3.50. The Kier molecular flexibility index (Phi) is 2.70. The van der Waals surface area contributed by atoms with Gasteiger partial charge in [-0.05, 0) is 48.1 Å². The number of rotatable bonds is 0. The number of aryl methyl sites for hydroxylation is 1. The highest BCUT2D eigenvalue weighted by molar-refractivity contribution is 5.85. The van der Waals surface area contributed by atoms with E-state index in [-0.39, 0.29) is 5.41 Å². The Morgan fingerprint density at radius 3 is 2.78 bits per heavy atom. The van der Waals surface area contributed by atoms with Crippen LogP contribution in [0.3, 0.4) is 0 Å². The van der Waals surface area contributed by atoms with E-state index in [2.05, 4.69) is 49.3 Å². The molecule has 1 aromatic carbocycles. The predicted molar refractivity (Wildman–Crippen MR) is 77.0 cm³/mol. The molecule has 0 unspecified atom stereocenters. The lowest BCUT2D eigenvalue weighted by Crippen LogP contribution is -2.12. The lowest BCUT2D eigenvalue weighted by atomic mass is 9.86. The molecule has 2 heterocycles. The molecule has 0 spiro atoms. The zero-order chi connectivity index (χ0) is 12.8. The fraction of sp³-hybridized carbons (Fsp3) is 0.500. The van der Waals surface area contributed by atoms with Crippen molar-refractivity contribution >= 4 is 10.9 Å². The third kappa shape index (κ3) is 1.95. The van der Waals surface area contributed by atoms with Crippen LogP contribution in [-0.2, 0) is 18.4 Å². The van der Waals surface area contributed by atoms with Gasteiger partial charge in [-0.3, -0.25) is 0 Å². The molecule has 2 nitrogen and oxygen atoms in total. The van der Waals surface area contributed by atoms with E-state index in [1.54, 1.807) is 0 Å². The second-order valence-electron chi connectivity index (χ2n) is 6.37. The lowest BCUT2D eigenvalue weighted by molar-refractivity contribution is 0.591. The Balaban J connectivity index is 2.17. The van der Waals surface area contributed by atoms with Crippen molar-refractivity contribution in [2.75, 3.05) is 6.54 Å². The maximum absolute atomic E-state index is 3.57. The van der Waals surface area contributed by atoms with Crippen LogP contribution in [0.4, 0.5) is 0 Å². The topological polar surface area (TPSA) is 27.8 Å². The fourth-order valence-electron chi connectivity index (χ4n) is 2.81. The highest BCUT2D eigenvalue weighted by atomic mass is 14.9. The van der Waals surface area contributed by atoms with Gasteiger partial charge in [0.25, 0.3) is 0 Å². The second-order valence-corrected chi connectivity index (χ2v) is 6.37. The first kappa shape index (κ1) is 11.8. The smallest absolute Gasteiger partial charge is 0.0459 e. The molecular formula is C16H22N2. The lowest BCUT2D eigenvalue weighted by Gasteiger charge is -2.19. The van der Waals surface area contributed by atoms with Gasteiger partial charge in [-0.15, -0.1) is 0 Å². The maximum atomic E-state index is 3.57. The average molecular weight is 242 g/mol. The molecule has 1 aliphatic heterocycles. The van der Waals surface area contributed by atoms with Crippen molar-refractivity contribution in [2.24, 2.45) is 0 Å². The van der Waals surface area contributed by atoms with E-state index in [4.69, 9.17) is 0 Å². The molecule has 0 fully saturated rings. The molecule has 0 radical (unpaired) electrons. The van der Waals surface area contributed by atoms with Gasteiger partial charge in [0, 0.05) is 23.1 Å². The van der Waals surface area contributed by atoms with Crippen LogP contribution in [0.2, 0.25) is 0 Å². The van der Waals surface area contributed by atoms with Crippen molar-refractivity contribution in [3.63, 3.8) is 0 Å². The van der Waals surface area contributed by atoms with Crippen LogP contribution in [-0.4, -0.2) is 11.5 Å². The third-order valence-electron chi connectivity index (χ3n) is 3.94. The largest absolute Gasteiger partial charge is 0.357 e. The highest BCUT2D eigenvalue weighted by Gasteiger charge is 2.18. The summed E-state index contributed by atoms with van der Waals surface area (Å²) in [5, 5.41) is 4.91. The van der Waals surface area contributed by atoms with Crippen LogP contribution in [0.5, 0.6) is 0 Å². The van der Waals surface area contributed by atoms with Crippen molar-refractivity contribution in [2.45, 2.75) is 45.6 Å². The molecule has 18 heavy (non-hydrogen) atoms. The van der Waals surface area contributed by atoms with Crippen molar-refractivity contribution in [1.82, 2.24) is 10.3 Å². The van der Waals surface area contributed by atoms with Crippen LogP contribution in [0.15, 0.2) is 18.2 Å². The molecule has 1 aliphatic rings. The highest BCUT2D eigenvalue weighted by Crippen LogP contribution is 2.30. The van der Waals surface area contributed by atoms with Crippen LogP contribution < -0.4 is 5.32 Å². The van der Waals surface area contributed by atoms with Crippen molar-refractivity contribution in [3.8, 4) is 0 Å². The van der Waals surface area contributed by atoms with E-state index >= 15 is 0 Å². The minimum absolute atomic E-state index is 0.224. The van der Waals surface area contributed by atoms with Gasteiger partial charge in [0.2, 0.25) is 0 Å². The number of H-pyrrole nitrogens is 1. The van der Waals surface area contributed by atoms with Gasteiger partial charge in [-0.25, -0.2) is 0 Å². The van der Waals surface area contributed by atoms with Gasteiger partial charge in [0.1, 0.15) is 0 Å². The Morgan fingerprint density at radius 2 is 2.00 bits per heavy atom. The molecule has 2 N–H and O–H groups in total. The van der Waals surface area contributed by atoms with Gasteiger partial charge in [0.05, 0.1) is 0 Å². The first-order valence-corrected chi connectivity index (χ1v) is 6.90. The van der Waals surface area contributed by atoms with Crippen LogP contribution in [0.25, 0.3) is 10.9 Å². The first-order valence-electron chi connectivity index (χ1n) is 6.90. The average Bonchev–Trinajstić information content (AvgIpc) is 2.50. The minimum atomic E-state index is 0.224. The van der Waals surface area contributed by atoms with Crippen molar-refractivity contribution in [1.29, 1.82) is 0 Å². The van der Waals surface area contributed by atoms with Gasteiger partial charge in [-0.1, -0.05) is 26.8 Å². The van der Waals surface area contributed by atoms with Gasteiger partial charge >= 0.3 is 0 Å². The normalized spacial score (nSPS) is 16.6. The number of hydrogen-bond donors (Lipinski definition) is 2. The molecule has 2 heteroatoms. The van der Waals surface area contributed by atoms with Crippen molar-refractivity contribution in [3.05, 3.63) is 35.0 Å². The zero-order valence-electron chi connectivity index (χ0n) is 11.6. The molecule has 0 saturated heterocycles. The summed E-state index contributed by atoms with van der Waals surface area (Å²) in [5.74, 6) is 0. The van der Waals surface area contributed by atoms with E-state index in [9.17, 15) is 0 Å². The molecule has 0 aliphatic carbocycles. The maximum Gasteiger partial charge on any atom is 0.0459 e. The summed E-state index contributed by atoms with van der Waals surface area (Å²) in [6.45, 7) is 8.95. The molecule has 96 valence electrons. The molecule has 0 saturated carbocycles. The van der Waals surface area contributed by atoms with Crippen LogP contribution in [0, 0.1) is 0 Å². The summed E-state index contributed by atoms with van der Waals surface area (Å²) in [6.07, 6.45) is 2.43. The summed E-state index contributed by atoms with van der Waals surface area (Å²) in [7, 11) is 0. The van der Waals surface area contributed by atoms with E-state index in [1.807, 2.05) is 0 Å². The third-order valence-corrected chi connectivity index (χ3v) is 3.94. The minimum Gasteiger partial charge on any atom is -0.357 e. The van der Waals surface area contributed by atoms with E-state index in [0.29, 0.717) is 0 Å². The quantitative estimate of drug-likeness (QED) is 0.727. The monoisotopic (exact) mass is 242 g/mol. The fourth-order valence-corrected chi connectivity index (χ4v) is 2.81. The number of fused-ring (bicyclic) bond motifs is 3. The Morgan fingerprint density at radius 1 is 1.17 bits per heavy atom. The Labute approximate surface area is 109 Å². The SMILES string of the molecule is CC(C)(C)c1ccc2[nH]c3c(c2c1)CCCNC3. The number of nitrogens with one attached hydrogen (secondary N) is 2. The van der Waals surface area contributed by atoms with Gasteiger partial charge in [0.15, 0.2) is 0 Å². The standard InChI is InChI=1S/C16H22N2/c1-16(2,3)11-6-7-14-13(9-11)12-5-4-8-17-10-15(12)18-14/h6-7,9,17-18H,4-5,8,10H2,1-3H3. The summed E-state index contributed by atoms with van der Waals surface area (Å²) >= 11 is 0. The molecule has 2 aromatic rings. The van der Waals surface area contributed by atoms with Crippen LogP contribution >= 0.6 is 0 Å². The van der Waals surface area contributed by atoms with Crippen LogP contribution in [0.1, 0.15) is 44.0 Å². The Hall–Kier alpha value is -1.28. The van der Waals surface area contributed by atoms with Gasteiger partial charge in [-0.2, -0.15) is 0 Å². The Bertz CT molecular complexity index is 573. The number of aromatic nitrogens is 1. The van der Waals surface area contributed by atoms with Gasteiger partial charge < -0.3 is 10.3 Å². The molecule has 0 atom stereocenters. The van der Waals surface area contributed by atoms with E-state index in [0.717, 1.165) is 13.1 Å². The number of aromatic amines is 1. The molecule has 0 amide bonds. The van der Waals surface area contributed by atoms with E-state index in [1.165, 1.54) is 40.6 Å². The molecule has 3 rings (SSSR count). The zero-order valence-corrected chi connectivity index (χ0v) is 11.6. The molecular weight excluding hydrogens is 220 g/mol. The summed E-state index contributed by atoms with van der Waals surface area (Å²) in [6, 6.07) is 6.88. The summed E-state index contributed by atoms with van der Waals surface area (Å²) in [4.78, 5) is 3.57. The first-order chi connectivity index (χ1) is 8.55. The summed E-state index contributed by atoms with van der Waals surface area (Å²) in [5.41, 5.74) is 5.85. The summed E-state index contributed by atoms with van der Waals surface area (Å²) < 4.78 is 0. The van der Waals surface area contributed by atoms with E-state index < -0.39 is 0 Å². The molecule has 0 bridgehead atoms. The number of benzene rings is 1.